The summed E-state index contributed by atoms with van der Waals surface area (Å²) < 4.78 is 11.1. The maximum absolute atomic E-state index is 12.6. The minimum atomic E-state index is -0.615. The highest BCUT2D eigenvalue weighted by atomic mass is 16.5. The van der Waals surface area contributed by atoms with Crippen LogP contribution in [0, 0.1) is 13.8 Å². The number of aromatic nitrogens is 2. The molecule has 0 aliphatic carbocycles. The molecule has 6 nitrogen and oxygen atoms in total. The number of para-hydroxylation sites is 1. The Labute approximate surface area is 158 Å². The summed E-state index contributed by atoms with van der Waals surface area (Å²) >= 11 is 0. The molecule has 3 aromatic rings. The zero-order chi connectivity index (χ0) is 19.4. The van der Waals surface area contributed by atoms with Crippen molar-refractivity contribution < 1.29 is 14.1 Å². The summed E-state index contributed by atoms with van der Waals surface area (Å²) in [6, 6.07) is 15.5. The van der Waals surface area contributed by atoms with Crippen LogP contribution in [0.2, 0.25) is 0 Å². The van der Waals surface area contributed by atoms with Crippen LogP contribution in [-0.2, 0) is 11.3 Å². The van der Waals surface area contributed by atoms with Crippen LogP contribution in [0.3, 0.4) is 0 Å². The molecule has 140 valence electrons. The summed E-state index contributed by atoms with van der Waals surface area (Å²) in [7, 11) is 1.69. The summed E-state index contributed by atoms with van der Waals surface area (Å²) in [6.45, 7) is 5.91. The fourth-order valence-corrected chi connectivity index (χ4v) is 2.74. The van der Waals surface area contributed by atoms with Crippen molar-refractivity contribution in [3.05, 3.63) is 65.5 Å². The van der Waals surface area contributed by atoms with Gasteiger partial charge in [-0.15, -0.1) is 0 Å². The van der Waals surface area contributed by atoms with E-state index in [1.54, 1.807) is 14.0 Å². The predicted molar refractivity (Wildman–Crippen MR) is 102 cm³/mol. The van der Waals surface area contributed by atoms with Gasteiger partial charge in [0.15, 0.2) is 6.10 Å². The van der Waals surface area contributed by atoms with E-state index in [0.29, 0.717) is 17.5 Å². The van der Waals surface area contributed by atoms with Crippen LogP contribution >= 0.6 is 0 Å². The Morgan fingerprint density at radius 2 is 1.96 bits per heavy atom. The van der Waals surface area contributed by atoms with Gasteiger partial charge in [0.25, 0.3) is 5.91 Å². The molecule has 27 heavy (non-hydrogen) atoms. The van der Waals surface area contributed by atoms with Gasteiger partial charge in [-0.25, -0.2) is 0 Å². The summed E-state index contributed by atoms with van der Waals surface area (Å²) in [5, 5.41) is 4.01. The molecule has 1 amide bonds. The molecule has 0 N–H and O–H groups in total. The number of aryl methyl sites for hydroxylation is 2. The van der Waals surface area contributed by atoms with Gasteiger partial charge >= 0.3 is 0 Å². The van der Waals surface area contributed by atoms with Gasteiger partial charge in [0.1, 0.15) is 5.75 Å². The van der Waals surface area contributed by atoms with E-state index in [9.17, 15) is 4.79 Å². The van der Waals surface area contributed by atoms with E-state index < -0.39 is 6.10 Å². The molecule has 3 rings (SSSR count). The first-order chi connectivity index (χ1) is 12.9. The number of rotatable bonds is 6. The molecule has 1 heterocycles. The first-order valence-corrected chi connectivity index (χ1v) is 8.81. The fourth-order valence-electron chi connectivity index (χ4n) is 2.74. The van der Waals surface area contributed by atoms with Crippen LogP contribution < -0.4 is 4.74 Å². The Bertz CT molecular complexity index is 936. The van der Waals surface area contributed by atoms with E-state index >= 15 is 0 Å². The summed E-state index contributed by atoms with van der Waals surface area (Å²) in [5.74, 6) is 1.43. The van der Waals surface area contributed by atoms with Crippen molar-refractivity contribution in [2.45, 2.75) is 33.4 Å². The maximum Gasteiger partial charge on any atom is 0.263 e. The zero-order valence-electron chi connectivity index (χ0n) is 16.0. The van der Waals surface area contributed by atoms with Crippen molar-refractivity contribution in [2.24, 2.45) is 0 Å². The molecule has 0 aliphatic heterocycles. The van der Waals surface area contributed by atoms with Crippen LogP contribution in [0.25, 0.3) is 11.4 Å². The Hall–Kier alpha value is -3.15. The third-order valence-corrected chi connectivity index (χ3v) is 4.24. The third kappa shape index (κ3) is 4.53. The van der Waals surface area contributed by atoms with Gasteiger partial charge in [0.2, 0.25) is 11.7 Å². The smallest absolute Gasteiger partial charge is 0.263 e. The van der Waals surface area contributed by atoms with Gasteiger partial charge in [0.05, 0.1) is 6.54 Å². The molecule has 0 radical (unpaired) electrons. The van der Waals surface area contributed by atoms with Crippen molar-refractivity contribution in [3.63, 3.8) is 0 Å². The molecule has 0 spiro atoms. The minimum Gasteiger partial charge on any atom is -0.481 e. The quantitative estimate of drug-likeness (QED) is 0.665. The summed E-state index contributed by atoms with van der Waals surface area (Å²) in [4.78, 5) is 18.5. The first kappa shape index (κ1) is 18.6. The lowest BCUT2D eigenvalue weighted by atomic mass is 10.1. The highest BCUT2D eigenvalue weighted by Gasteiger charge is 2.22. The number of amides is 1. The molecule has 1 atom stereocenters. The second-order valence-corrected chi connectivity index (χ2v) is 6.60. The second kappa shape index (κ2) is 8.03. The lowest BCUT2D eigenvalue weighted by Crippen LogP contribution is -2.37. The zero-order valence-corrected chi connectivity index (χ0v) is 16.0. The van der Waals surface area contributed by atoms with Gasteiger partial charge in [-0.1, -0.05) is 47.1 Å². The summed E-state index contributed by atoms with van der Waals surface area (Å²) in [5.41, 5.74) is 2.99. The Morgan fingerprint density at radius 1 is 1.19 bits per heavy atom. The Kier molecular flexibility index (Phi) is 5.54. The second-order valence-electron chi connectivity index (χ2n) is 6.60. The molecule has 0 fully saturated rings. The number of nitrogens with zero attached hydrogens (tertiary/aromatic N) is 3. The SMILES string of the molecule is Cc1cccc(-c2noc(CN(C)C(=O)[C@@H](C)Oc3ccccc3C)n2)c1. The number of benzene rings is 2. The van der Waals surface area contributed by atoms with Crippen molar-refractivity contribution in [1.82, 2.24) is 15.0 Å². The molecule has 2 aromatic carbocycles. The lowest BCUT2D eigenvalue weighted by Gasteiger charge is -2.21. The van der Waals surface area contributed by atoms with Crippen LogP contribution in [0.1, 0.15) is 23.9 Å². The van der Waals surface area contributed by atoms with Crippen molar-refractivity contribution in [1.29, 1.82) is 0 Å². The number of carbonyl (C=O) groups is 1. The van der Waals surface area contributed by atoms with Gasteiger partial charge in [-0.05, 0) is 38.5 Å². The van der Waals surface area contributed by atoms with Gasteiger partial charge in [0, 0.05) is 12.6 Å². The van der Waals surface area contributed by atoms with E-state index in [2.05, 4.69) is 10.1 Å². The number of likely N-dealkylation sites (N-methyl/N-ethyl adjacent to an activating group) is 1. The molecule has 0 saturated heterocycles. The van der Waals surface area contributed by atoms with Gasteiger partial charge in [-0.3, -0.25) is 4.79 Å². The monoisotopic (exact) mass is 365 g/mol. The van der Waals surface area contributed by atoms with Crippen LogP contribution in [0.5, 0.6) is 5.75 Å². The predicted octanol–water partition coefficient (Wildman–Crippen LogP) is 3.78. The number of ether oxygens (including phenoxy) is 1. The molecule has 0 aliphatic rings. The van der Waals surface area contributed by atoms with Crippen LogP contribution in [0.15, 0.2) is 53.1 Å². The average Bonchev–Trinajstić information content (AvgIpc) is 3.11. The molecular formula is C21H23N3O3. The molecular weight excluding hydrogens is 342 g/mol. The highest BCUT2D eigenvalue weighted by Crippen LogP contribution is 2.19. The lowest BCUT2D eigenvalue weighted by molar-refractivity contribution is -0.137. The average molecular weight is 365 g/mol. The maximum atomic E-state index is 12.6. The highest BCUT2D eigenvalue weighted by molar-refractivity contribution is 5.80. The molecule has 6 heteroatoms. The van der Waals surface area contributed by atoms with E-state index in [1.807, 2.05) is 62.4 Å². The Balaban J connectivity index is 1.64. The van der Waals surface area contributed by atoms with Crippen molar-refractivity contribution in [3.8, 4) is 17.1 Å². The van der Waals surface area contributed by atoms with E-state index in [-0.39, 0.29) is 12.5 Å². The van der Waals surface area contributed by atoms with E-state index in [4.69, 9.17) is 9.26 Å². The molecule has 1 aromatic heterocycles. The van der Waals surface area contributed by atoms with Crippen molar-refractivity contribution >= 4 is 5.91 Å². The van der Waals surface area contributed by atoms with E-state index in [1.165, 1.54) is 4.90 Å². The van der Waals surface area contributed by atoms with Gasteiger partial charge in [-0.2, -0.15) is 4.98 Å². The van der Waals surface area contributed by atoms with E-state index in [0.717, 1.165) is 16.7 Å². The Morgan fingerprint density at radius 3 is 2.70 bits per heavy atom. The standard InChI is InChI=1S/C21H23N3O3/c1-14-8-7-10-17(12-14)20-22-19(27-23-20)13-24(4)21(25)16(3)26-18-11-6-5-9-15(18)2/h5-12,16H,13H2,1-4H3/t16-/m1/s1. The number of hydrogen-bond acceptors (Lipinski definition) is 5. The summed E-state index contributed by atoms with van der Waals surface area (Å²) in [6.07, 6.45) is -0.615. The number of carbonyl (C=O) groups excluding carboxylic acids is 1. The normalized spacial score (nSPS) is 11.9. The minimum absolute atomic E-state index is 0.159. The molecule has 0 bridgehead atoms. The fraction of sp³-hybridized carbons (Fsp3) is 0.286. The van der Waals surface area contributed by atoms with Crippen LogP contribution in [-0.4, -0.2) is 34.1 Å². The molecule has 0 unspecified atom stereocenters. The van der Waals surface area contributed by atoms with Crippen LogP contribution in [0.4, 0.5) is 0 Å². The topological polar surface area (TPSA) is 68.5 Å². The molecule has 0 saturated carbocycles. The number of hydrogen-bond donors (Lipinski definition) is 0. The third-order valence-electron chi connectivity index (χ3n) is 4.24. The first-order valence-electron chi connectivity index (χ1n) is 8.81. The largest absolute Gasteiger partial charge is 0.481 e. The van der Waals surface area contributed by atoms with Crippen molar-refractivity contribution in [2.75, 3.05) is 7.05 Å². The van der Waals surface area contributed by atoms with Gasteiger partial charge < -0.3 is 14.2 Å².